The van der Waals surface area contributed by atoms with Gasteiger partial charge in [-0.3, -0.25) is 4.90 Å². The first-order valence-corrected chi connectivity index (χ1v) is 9.65. The highest BCUT2D eigenvalue weighted by Gasteiger charge is 2.25. The van der Waals surface area contributed by atoms with Crippen molar-refractivity contribution in [1.82, 2.24) is 19.8 Å². The lowest BCUT2D eigenvalue weighted by atomic mass is 10.2. The fourth-order valence-corrected chi connectivity index (χ4v) is 3.04. The maximum absolute atomic E-state index is 13.2. The van der Waals surface area contributed by atoms with Crippen molar-refractivity contribution in [3.63, 3.8) is 0 Å². The molecule has 0 aliphatic rings. The summed E-state index contributed by atoms with van der Waals surface area (Å²) in [5.74, 6) is 0.994. The number of tetrazole rings is 1. The van der Waals surface area contributed by atoms with Gasteiger partial charge in [-0.25, -0.2) is 9.59 Å². The molecular weight excluding hydrogens is 386 g/mol. The van der Waals surface area contributed by atoms with E-state index in [2.05, 4.69) is 10.4 Å². The minimum Gasteiger partial charge on any atom is -0.494 e. The van der Waals surface area contributed by atoms with Crippen molar-refractivity contribution in [2.45, 2.75) is 33.8 Å². The largest absolute Gasteiger partial charge is 0.494 e. The molecule has 9 nitrogen and oxygen atoms in total. The molecule has 1 amide bonds. The van der Waals surface area contributed by atoms with E-state index < -0.39 is 11.7 Å². The molecular formula is C21H25N5O4. The molecule has 1 heterocycles. The Kier molecular flexibility index (Phi) is 6.20. The van der Waals surface area contributed by atoms with Gasteiger partial charge in [-0.2, -0.15) is 4.68 Å². The fraction of sp³-hybridized carbons (Fsp3) is 0.333. The summed E-state index contributed by atoms with van der Waals surface area (Å²) in [6, 6.07) is 11.8. The Morgan fingerprint density at radius 2 is 1.87 bits per heavy atom. The van der Waals surface area contributed by atoms with Crippen LogP contribution in [0.4, 0.5) is 10.5 Å². The first-order valence-electron chi connectivity index (χ1n) is 9.65. The van der Waals surface area contributed by atoms with Crippen molar-refractivity contribution in [3.05, 3.63) is 58.5 Å². The molecule has 0 radical (unpaired) electrons. The molecule has 0 atom stereocenters. The summed E-state index contributed by atoms with van der Waals surface area (Å²) in [5.41, 5.74) is 1.22. The van der Waals surface area contributed by atoms with Crippen LogP contribution in [0.2, 0.25) is 0 Å². The normalized spacial score (nSPS) is 10.9. The monoisotopic (exact) mass is 411 g/mol. The van der Waals surface area contributed by atoms with Gasteiger partial charge >= 0.3 is 11.7 Å². The number of hydrogen-bond acceptors (Lipinski definition) is 6. The Bertz CT molecular complexity index is 1100. The number of aryl methyl sites for hydroxylation is 1. The number of methoxy groups -OCH3 is 1. The van der Waals surface area contributed by atoms with Gasteiger partial charge in [0.1, 0.15) is 17.2 Å². The van der Waals surface area contributed by atoms with E-state index in [-0.39, 0.29) is 6.10 Å². The molecule has 0 N–H and O–H groups in total. The third kappa shape index (κ3) is 4.05. The van der Waals surface area contributed by atoms with Gasteiger partial charge < -0.3 is 9.47 Å². The number of ether oxygens (including phenoxy) is 2. The third-order valence-electron chi connectivity index (χ3n) is 4.39. The summed E-state index contributed by atoms with van der Waals surface area (Å²) in [4.78, 5) is 27.6. The summed E-state index contributed by atoms with van der Waals surface area (Å²) in [5, 5.41) is 7.68. The molecule has 3 rings (SSSR count). The van der Waals surface area contributed by atoms with E-state index in [1.54, 1.807) is 24.3 Å². The van der Waals surface area contributed by atoms with E-state index in [1.165, 1.54) is 12.0 Å². The number of carbonyl (C=O) groups is 1. The second-order valence-corrected chi connectivity index (χ2v) is 6.92. The van der Waals surface area contributed by atoms with E-state index in [4.69, 9.17) is 9.47 Å². The Morgan fingerprint density at radius 1 is 1.13 bits per heavy atom. The summed E-state index contributed by atoms with van der Waals surface area (Å²) in [6.45, 7) is 7.86. The second-order valence-electron chi connectivity index (χ2n) is 6.92. The van der Waals surface area contributed by atoms with Crippen LogP contribution in [0.3, 0.4) is 0 Å². The van der Waals surface area contributed by atoms with E-state index in [9.17, 15) is 9.59 Å². The van der Waals surface area contributed by atoms with Crippen LogP contribution >= 0.6 is 0 Å². The quantitative estimate of drug-likeness (QED) is 0.579. The lowest BCUT2D eigenvalue weighted by Crippen LogP contribution is -2.41. The van der Waals surface area contributed by atoms with Crippen molar-refractivity contribution in [1.29, 1.82) is 0 Å². The predicted molar refractivity (Wildman–Crippen MR) is 113 cm³/mol. The van der Waals surface area contributed by atoms with Crippen LogP contribution in [0.25, 0.3) is 5.69 Å². The van der Waals surface area contributed by atoms with Gasteiger partial charge in [0.15, 0.2) is 0 Å². The number of para-hydroxylation sites is 2. The Morgan fingerprint density at radius 3 is 2.53 bits per heavy atom. The number of anilines is 1. The van der Waals surface area contributed by atoms with Crippen LogP contribution in [0.15, 0.2) is 47.3 Å². The molecule has 2 aromatic carbocycles. The maximum atomic E-state index is 13.2. The molecule has 0 aliphatic heterocycles. The lowest BCUT2D eigenvalue weighted by Gasteiger charge is -2.24. The van der Waals surface area contributed by atoms with Gasteiger partial charge in [0.25, 0.3) is 0 Å². The number of benzene rings is 2. The molecule has 0 unspecified atom stereocenters. The summed E-state index contributed by atoms with van der Waals surface area (Å²) < 4.78 is 12.9. The van der Waals surface area contributed by atoms with Crippen LogP contribution in [-0.2, 0) is 0 Å². The molecule has 0 bridgehead atoms. The highest BCUT2D eigenvalue weighted by Crippen LogP contribution is 2.31. The van der Waals surface area contributed by atoms with Crippen LogP contribution < -0.4 is 20.1 Å². The summed E-state index contributed by atoms with van der Waals surface area (Å²) in [7, 11) is 1.49. The SMILES string of the molecule is CCN(C(=O)n1nnn(-c2ccccc2OC)c1=O)c1cc(C)ccc1OC(C)C. The molecule has 158 valence electrons. The zero-order valence-electron chi connectivity index (χ0n) is 17.7. The van der Waals surface area contributed by atoms with Gasteiger partial charge in [0.05, 0.1) is 18.9 Å². The van der Waals surface area contributed by atoms with Gasteiger partial charge in [-0.05, 0) is 68.0 Å². The van der Waals surface area contributed by atoms with E-state index in [0.717, 1.165) is 14.9 Å². The van der Waals surface area contributed by atoms with Gasteiger partial charge in [0, 0.05) is 6.54 Å². The molecule has 0 spiro atoms. The fourth-order valence-electron chi connectivity index (χ4n) is 3.04. The van der Waals surface area contributed by atoms with Crippen LogP contribution in [-0.4, -0.2) is 45.6 Å². The van der Waals surface area contributed by atoms with Crippen molar-refractivity contribution < 1.29 is 14.3 Å². The Hall–Kier alpha value is -3.62. The molecule has 30 heavy (non-hydrogen) atoms. The minimum atomic E-state index is -0.693. The zero-order valence-corrected chi connectivity index (χ0v) is 17.7. The number of aromatic nitrogens is 4. The van der Waals surface area contributed by atoms with Crippen LogP contribution in [0.1, 0.15) is 26.3 Å². The number of carbonyl (C=O) groups excluding carboxylic acids is 1. The molecule has 0 fully saturated rings. The zero-order chi connectivity index (χ0) is 21.8. The average molecular weight is 411 g/mol. The number of nitrogens with zero attached hydrogens (tertiary/aromatic N) is 5. The second kappa shape index (κ2) is 8.81. The lowest BCUT2D eigenvalue weighted by molar-refractivity contribution is 0.237. The number of hydrogen-bond donors (Lipinski definition) is 0. The van der Waals surface area contributed by atoms with Crippen LogP contribution in [0, 0.1) is 6.92 Å². The third-order valence-corrected chi connectivity index (χ3v) is 4.39. The van der Waals surface area contributed by atoms with Crippen molar-refractivity contribution in [2.24, 2.45) is 0 Å². The molecule has 1 aromatic heterocycles. The minimum absolute atomic E-state index is 0.0746. The standard InChI is InChI=1S/C21H25N5O4/c1-6-24(17-13-15(4)11-12-19(17)30-14(2)3)20(27)26-21(28)25(22-23-26)16-9-7-8-10-18(16)29-5/h7-14H,6H2,1-5H3. The van der Waals surface area contributed by atoms with Gasteiger partial charge in [-0.15, -0.1) is 4.68 Å². The smallest absolute Gasteiger partial charge is 0.377 e. The molecule has 9 heteroatoms. The highest BCUT2D eigenvalue weighted by molar-refractivity contribution is 5.94. The Labute approximate surface area is 174 Å². The van der Waals surface area contributed by atoms with E-state index in [1.807, 2.05) is 45.9 Å². The highest BCUT2D eigenvalue weighted by atomic mass is 16.5. The molecule has 0 aliphatic carbocycles. The van der Waals surface area contributed by atoms with Gasteiger partial charge in [0.2, 0.25) is 0 Å². The Balaban J connectivity index is 2.04. The van der Waals surface area contributed by atoms with Crippen molar-refractivity contribution in [2.75, 3.05) is 18.6 Å². The molecule has 0 saturated carbocycles. The maximum Gasteiger partial charge on any atom is 0.377 e. The predicted octanol–water partition coefficient (Wildman–Crippen LogP) is 3.03. The number of amides is 1. The number of rotatable bonds is 6. The average Bonchev–Trinajstić information content (AvgIpc) is 3.11. The van der Waals surface area contributed by atoms with Gasteiger partial charge in [-0.1, -0.05) is 18.2 Å². The van der Waals surface area contributed by atoms with Crippen LogP contribution in [0.5, 0.6) is 11.5 Å². The molecule has 3 aromatic rings. The first kappa shape index (κ1) is 21.1. The molecule has 0 saturated heterocycles. The van der Waals surface area contributed by atoms with E-state index in [0.29, 0.717) is 29.4 Å². The summed E-state index contributed by atoms with van der Waals surface area (Å²) in [6.07, 6.45) is -0.0746. The summed E-state index contributed by atoms with van der Waals surface area (Å²) >= 11 is 0. The van der Waals surface area contributed by atoms with E-state index >= 15 is 0 Å². The van der Waals surface area contributed by atoms with Crippen molar-refractivity contribution in [3.8, 4) is 17.2 Å². The van der Waals surface area contributed by atoms with Crippen molar-refractivity contribution >= 4 is 11.7 Å². The first-order chi connectivity index (χ1) is 14.4. The topological polar surface area (TPSA) is 91.5 Å².